The Kier molecular flexibility index (Phi) is 6.95. The SMILES string of the molecule is N#CCCn1cc(/C=C/C(=O)Nc2ccccc2C(=O)NCC(F)(F)F)c2ccccc21. The zero-order valence-corrected chi connectivity index (χ0v) is 16.8. The van der Waals surface area contributed by atoms with Crippen molar-refractivity contribution in [1.82, 2.24) is 9.88 Å². The molecule has 3 rings (SSSR count). The van der Waals surface area contributed by atoms with E-state index < -0.39 is 24.5 Å². The normalized spacial score (nSPS) is 11.4. The molecule has 2 aromatic carbocycles. The lowest BCUT2D eigenvalue weighted by molar-refractivity contribution is -0.123. The van der Waals surface area contributed by atoms with Crippen molar-refractivity contribution in [3.05, 3.63) is 71.9 Å². The van der Waals surface area contributed by atoms with Gasteiger partial charge in [0.2, 0.25) is 5.91 Å². The Bertz CT molecular complexity index is 1210. The van der Waals surface area contributed by atoms with Gasteiger partial charge in [0.05, 0.1) is 23.7 Å². The van der Waals surface area contributed by atoms with Crippen LogP contribution >= 0.6 is 0 Å². The molecule has 32 heavy (non-hydrogen) atoms. The fraction of sp³-hybridized carbons (Fsp3) is 0.174. The Morgan fingerprint density at radius 1 is 1.09 bits per heavy atom. The first-order valence-corrected chi connectivity index (χ1v) is 9.66. The second-order valence-corrected chi connectivity index (χ2v) is 6.87. The number of alkyl halides is 3. The molecule has 9 heteroatoms. The van der Waals surface area contributed by atoms with E-state index in [2.05, 4.69) is 11.4 Å². The number of amides is 2. The van der Waals surface area contributed by atoms with E-state index in [1.807, 2.05) is 35.0 Å². The summed E-state index contributed by atoms with van der Waals surface area (Å²) in [4.78, 5) is 24.5. The summed E-state index contributed by atoms with van der Waals surface area (Å²) >= 11 is 0. The van der Waals surface area contributed by atoms with Gasteiger partial charge in [-0.25, -0.2) is 0 Å². The number of aromatic nitrogens is 1. The number of para-hydroxylation sites is 2. The van der Waals surface area contributed by atoms with E-state index in [4.69, 9.17) is 5.26 Å². The van der Waals surface area contributed by atoms with Gasteiger partial charge in [-0.2, -0.15) is 18.4 Å². The van der Waals surface area contributed by atoms with Crippen LogP contribution < -0.4 is 10.6 Å². The Morgan fingerprint density at radius 2 is 1.81 bits per heavy atom. The molecule has 1 heterocycles. The molecule has 0 unspecified atom stereocenters. The van der Waals surface area contributed by atoms with Crippen LogP contribution in [0, 0.1) is 11.3 Å². The molecule has 0 atom stereocenters. The summed E-state index contributed by atoms with van der Waals surface area (Å²) in [6.07, 6.45) is 0.524. The molecular weight excluding hydrogens is 421 g/mol. The zero-order valence-electron chi connectivity index (χ0n) is 16.8. The highest BCUT2D eigenvalue weighted by molar-refractivity contribution is 6.08. The van der Waals surface area contributed by atoms with Crippen molar-refractivity contribution in [3.8, 4) is 6.07 Å². The van der Waals surface area contributed by atoms with Crippen LogP contribution in [0.3, 0.4) is 0 Å². The molecule has 0 saturated carbocycles. The minimum Gasteiger partial charge on any atom is -0.346 e. The number of rotatable bonds is 7. The van der Waals surface area contributed by atoms with Gasteiger partial charge in [0.25, 0.3) is 5.91 Å². The predicted octanol–water partition coefficient (Wildman–Crippen LogP) is 4.50. The van der Waals surface area contributed by atoms with Crippen molar-refractivity contribution in [2.45, 2.75) is 19.1 Å². The number of nitriles is 1. The fourth-order valence-electron chi connectivity index (χ4n) is 3.17. The lowest BCUT2D eigenvalue weighted by Crippen LogP contribution is -2.34. The molecule has 2 amide bonds. The van der Waals surface area contributed by atoms with E-state index in [0.29, 0.717) is 13.0 Å². The van der Waals surface area contributed by atoms with Crippen molar-refractivity contribution in [3.63, 3.8) is 0 Å². The number of hydrogen-bond donors (Lipinski definition) is 2. The maximum atomic E-state index is 12.4. The molecule has 0 aliphatic rings. The van der Waals surface area contributed by atoms with Crippen molar-refractivity contribution in [2.75, 3.05) is 11.9 Å². The smallest absolute Gasteiger partial charge is 0.346 e. The summed E-state index contributed by atoms with van der Waals surface area (Å²) < 4.78 is 39.0. The first-order valence-electron chi connectivity index (χ1n) is 9.66. The highest BCUT2D eigenvalue weighted by atomic mass is 19.4. The van der Waals surface area contributed by atoms with Crippen LogP contribution in [0.4, 0.5) is 18.9 Å². The number of hydrogen-bond acceptors (Lipinski definition) is 3. The quantitative estimate of drug-likeness (QED) is 0.531. The molecule has 6 nitrogen and oxygen atoms in total. The number of anilines is 1. The lowest BCUT2D eigenvalue weighted by Gasteiger charge is -2.11. The van der Waals surface area contributed by atoms with Gasteiger partial charge in [-0.3, -0.25) is 9.59 Å². The van der Waals surface area contributed by atoms with Crippen LogP contribution in [-0.2, 0) is 11.3 Å². The lowest BCUT2D eigenvalue weighted by atomic mass is 10.1. The van der Waals surface area contributed by atoms with E-state index >= 15 is 0 Å². The number of carbonyl (C=O) groups is 2. The van der Waals surface area contributed by atoms with Crippen molar-refractivity contribution in [1.29, 1.82) is 5.26 Å². The minimum absolute atomic E-state index is 0.0772. The first kappa shape index (κ1) is 22.6. The third-order valence-electron chi connectivity index (χ3n) is 4.58. The van der Waals surface area contributed by atoms with Crippen LogP contribution in [-0.4, -0.2) is 29.1 Å². The monoisotopic (exact) mass is 440 g/mol. The Labute approximate surface area is 181 Å². The van der Waals surface area contributed by atoms with Crippen molar-refractivity contribution in [2.24, 2.45) is 0 Å². The highest BCUT2D eigenvalue weighted by Crippen LogP contribution is 2.23. The summed E-state index contributed by atoms with van der Waals surface area (Å²) in [6.45, 7) is -0.957. The predicted molar refractivity (Wildman–Crippen MR) is 115 cm³/mol. The second-order valence-electron chi connectivity index (χ2n) is 6.87. The number of benzene rings is 2. The summed E-state index contributed by atoms with van der Waals surface area (Å²) in [5.41, 5.74) is 1.71. The maximum Gasteiger partial charge on any atom is 0.405 e. The Balaban J connectivity index is 1.76. The van der Waals surface area contributed by atoms with Crippen molar-refractivity contribution >= 4 is 34.5 Å². The summed E-state index contributed by atoms with van der Waals surface area (Å²) in [5.74, 6) is -1.49. The molecule has 3 aromatic rings. The van der Waals surface area contributed by atoms with Gasteiger partial charge in [-0.1, -0.05) is 30.3 Å². The van der Waals surface area contributed by atoms with E-state index in [1.54, 1.807) is 17.5 Å². The number of carbonyl (C=O) groups excluding carboxylic acids is 2. The second kappa shape index (κ2) is 9.83. The zero-order chi connectivity index (χ0) is 23.1. The molecular formula is C23H19F3N4O2. The maximum absolute atomic E-state index is 12.4. The molecule has 0 spiro atoms. The largest absolute Gasteiger partial charge is 0.405 e. The van der Waals surface area contributed by atoms with Gasteiger partial charge < -0.3 is 15.2 Å². The van der Waals surface area contributed by atoms with Crippen LogP contribution in [0.5, 0.6) is 0 Å². The third-order valence-corrected chi connectivity index (χ3v) is 4.58. The van der Waals surface area contributed by atoms with Crippen LogP contribution in [0.15, 0.2) is 60.8 Å². The molecule has 0 aliphatic heterocycles. The van der Waals surface area contributed by atoms with Gasteiger partial charge in [0.15, 0.2) is 0 Å². The molecule has 0 fully saturated rings. The molecule has 0 saturated heterocycles. The van der Waals surface area contributed by atoms with E-state index in [1.165, 1.54) is 24.3 Å². The standard InChI is InChI=1S/C23H19F3N4O2/c24-23(25,26)15-28-22(32)18-7-1-3-8-19(18)29-21(31)11-10-16-14-30(13-5-12-27)20-9-4-2-6-17(16)20/h1-4,6-11,14H,5,13,15H2,(H,28,32)(H,29,31)/b11-10+. The van der Waals surface area contributed by atoms with E-state index in [0.717, 1.165) is 16.5 Å². The minimum atomic E-state index is -4.54. The van der Waals surface area contributed by atoms with Gasteiger partial charge in [0, 0.05) is 35.3 Å². The molecule has 0 radical (unpaired) electrons. The number of nitrogens with one attached hydrogen (secondary N) is 2. The average molecular weight is 440 g/mol. The number of nitrogens with zero attached hydrogens (tertiary/aromatic N) is 2. The van der Waals surface area contributed by atoms with Gasteiger partial charge in [-0.05, 0) is 24.3 Å². The summed E-state index contributed by atoms with van der Waals surface area (Å²) in [7, 11) is 0. The molecule has 0 bridgehead atoms. The number of fused-ring (bicyclic) bond motifs is 1. The van der Waals surface area contributed by atoms with Gasteiger partial charge in [0.1, 0.15) is 6.54 Å². The number of aryl methyl sites for hydroxylation is 1. The third kappa shape index (κ3) is 5.76. The summed E-state index contributed by atoms with van der Waals surface area (Å²) in [6, 6.07) is 15.5. The fourth-order valence-corrected chi connectivity index (χ4v) is 3.17. The van der Waals surface area contributed by atoms with Crippen LogP contribution in [0.25, 0.3) is 17.0 Å². The molecule has 2 N–H and O–H groups in total. The van der Waals surface area contributed by atoms with Crippen LogP contribution in [0.2, 0.25) is 0 Å². The van der Waals surface area contributed by atoms with Gasteiger partial charge >= 0.3 is 6.18 Å². The Hall–Kier alpha value is -4.06. The molecule has 164 valence electrons. The van der Waals surface area contributed by atoms with Crippen molar-refractivity contribution < 1.29 is 22.8 Å². The van der Waals surface area contributed by atoms with Gasteiger partial charge in [-0.15, -0.1) is 0 Å². The average Bonchev–Trinajstić information content (AvgIpc) is 3.12. The van der Waals surface area contributed by atoms with E-state index in [9.17, 15) is 22.8 Å². The number of halogens is 3. The molecule has 1 aromatic heterocycles. The summed E-state index contributed by atoms with van der Waals surface area (Å²) in [5, 5.41) is 14.1. The Morgan fingerprint density at radius 3 is 2.56 bits per heavy atom. The highest BCUT2D eigenvalue weighted by Gasteiger charge is 2.28. The molecule has 0 aliphatic carbocycles. The van der Waals surface area contributed by atoms with E-state index in [-0.39, 0.29) is 11.3 Å². The van der Waals surface area contributed by atoms with Crippen LogP contribution in [0.1, 0.15) is 22.3 Å². The first-order chi connectivity index (χ1) is 15.3. The topological polar surface area (TPSA) is 86.9 Å².